The zero-order chi connectivity index (χ0) is 14.9. The highest BCUT2D eigenvalue weighted by Crippen LogP contribution is 2.27. The maximum atomic E-state index is 12.6. The molecule has 2 aliphatic rings. The van der Waals surface area contributed by atoms with Crippen molar-refractivity contribution in [2.24, 2.45) is 5.73 Å². The first-order valence-corrected chi connectivity index (χ1v) is 8.23. The Bertz CT molecular complexity index is 505. The van der Waals surface area contributed by atoms with Crippen molar-refractivity contribution in [3.8, 4) is 0 Å². The Balaban J connectivity index is 1.59. The second-order valence-electron chi connectivity index (χ2n) is 5.93. The molecule has 0 atom stereocenters. The van der Waals surface area contributed by atoms with Crippen LogP contribution in [0.4, 0.5) is 0 Å². The van der Waals surface area contributed by atoms with Gasteiger partial charge in [0.15, 0.2) is 0 Å². The molecule has 0 radical (unpaired) electrons. The smallest absolute Gasteiger partial charge is 0.242 e. The minimum Gasteiger partial charge on any atom is -0.381 e. The molecule has 1 aromatic rings. The van der Waals surface area contributed by atoms with E-state index in [-0.39, 0.29) is 5.91 Å². The summed E-state index contributed by atoms with van der Waals surface area (Å²) in [6, 6.07) is 0.365. The van der Waals surface area contributed by atoms with Gasteiger partial charge in [-0.25, -0.2) is 0 Å². The standard InChI is InChI=1S/C14H21BrN4O2/c15-11-9-17-19(10-11)12-1-5-18(6-2-12)13(20)14(16)3-7-21-8-4-14/h9-10,12H,1-8,16H2. The normalized spacial score (nSPS) is 23.2. The third-order valence-electron chi connectivity index (χ3n) is 4.51. The molecule has 2 fully saturated rings. The molecule has 0 spiro atoms. The Morgan fingerprint density at radius 2 is 2.05 bits per heavy atom. The summed E-state index contributed by atoms with van der Waals surface area (Å²) < 4.78 is 8.29. The lowest BCUT2D eigenvalue weighted by molar-refractivity contribution is -0.142. The van der Waals surface area contributed by atoms with Gasteiger partial charge < -0.3 is 15.4 Å². The van der Waals surface area contributed by atoms with Crippen molar-refractivity contribution in [2.45, 2.75) is 37.3 Å². The number of carbonyl (C=O) groups excluding carboxylic acids is 1. The number of rotatable bonds is 2. The summed E-state index contributed by atoms with van der Waals surface area (Å²) in [6.45, 7) is 2.67. The van der Waals surface area contributed by atoms with Crippen LogP contribution in [0.15, 0.2) is 16.9 Å². The van der Waals surface area contributed by atoms with Crippen LogP contribution in [-0.2, 0) is 9.53 Å². The van der Waals surface area contributed by atoms with Gasteiger partial charge in [0.2, 0.25) is 5.91 Å². The van der Waals surface area contributed by atoms with E-state index in [1.165, 1.54) is 0 Å². The molecule has 2 saturated heterocycles. The van der Waals surface area contributed by atoms with Gasteiger partial charge in [-0.3, -0.25) is 9.48 Å². The molecule has 1 aromatic heterocycles. The van der Waals surface area contributed by atoms with Crippen LogP contribution >= 0.6 is 15.9 Å². The molecule has 3 heterocycles. The Labute approximate surface area is 132 Å². The van der Waals surface area contributed by atoms with Crippen molar-refractivity contribution >= 4 is 21.8 Å². The van der Waals surface area contributed by atoms with Crippen molar-refractivity contribution in [3.05, 3.63) is 16.9 Å². The molecular weight excluding hydrogens is 336 g/mol. The summed E-state index contributed by atoms with van der Waals surface area (Å²) in [5.74, 6) is 0.0888. The summed E-state index contributed by atoms with van der Waals surface area (Å²) in [4.78, 5) is 14.6. The van der Waals surface area contributed by atoms with E-state index in [9.17, 15) is 4.79 Å². The summed E-state index contributed by atoms with van der Waals surface area (Å²) in [5.41, 5.74) is 5.57. The van der Waals surface area contributed by atoms with E-state index in [4.69, 9.17) is 10.5 Å². The summed E-state index contributed by atoms with van der Waals surface area (Å²) in [5, 5.41) is 4.34. The van der Waals surface area contributed by atoms with Crippen LogP contribution in [0.25, 0.3) is 0 Å². The van der Waals surface area contributed by atoms with Crippen molar-refractivity contribution in [2.75, 3.05) is 26.3 Å². The average Bonchev–Trinajstić information content (AvgIpc) is 2.94. The molecule has 1 amide bonds. The number of amides is 1. The number of nitrogens with zero attached hydrogens (tertiary/aromatic N) is 3. The van der Waals surface area contributed by atoms with Gasteiger partial charge in [-0.2, -0.15) is 5.10 Å². The zero-order valence-electron chi connectivity index (χ0n) is 12.0. The Kier molecular flexibility index (Phi) is 4.33. The molecule has 0 bridgehead atoms. The van der Waals surface area contributed by atoms with Crippen molar-refractivity contribution in [1.82, 2.24) is 14.7 Å². The number of halogens is 1. The molecule has 21 heavy (non-hydrogen) atoms. The predicted molar refractivity (Wildman–Crippen MR) is 81.7 cm³/mol. The first-order chi connectivity index (χ1) is 10.1. The topological polar surface area (TPSA) is 73.4 Å². The number of aromatic nitrogens is 2. The van der Waals surface area contributed by atoms with E-state index in [1.807, 2.05) is 15.8 Å². The largest absolute Gasteiger partial charge is 0.381 e. The summed E-state index contributed by atoms with van der Waals surface area (Å²) in [7, 11) is 0. The molecule has 0 unspecified atom stereocenters. The van der Waals surface area contributed by atoms with Gasteiger partial charge in [0.1, 0.15) is 0 Å². The van der Waals surface area contributed by atoms with Gasteiger partial charge in [0.05, 0.1) is 22.3 Å². The number of hydrogen-bond donors (Lipinski definition) is 1. The molecule has 116 valence electrons. The maximum absolute atomic E-state index is 12.6. The first kappa shape index (κ1) is 15.0. The molecule has 6 nitrogen and oxygen atoms in total. The van der Waals surface area contributed by atoms with Crippen LogP contribution in [0, 0.1) is 0 Å². The molecule has 7 heteroatoms. The highest BCUT2D eigenvalue weighted by Gasteiger charge is 2.40. The van der Waals surface area contributed by atoms with Crippen molar-refractivity contribution < 1.29 is 9.53 Å². The number of carbonyl (C=O) groups is 1. The van der Waals surface area contributed by atoms with Gasteiger partial charge in [0, 0.05) is 32.5 Å². The highest BCUT2D eigenvalue weighted by atomic mass is 79.9. The molecule has 0 saturated carbocycles. The van der Waals surface area contributed by atoms with Crippen molar-refractivity contribution in [1.29, 1.82) is 0 Å². The van der Waals surface area contributed by atoms with Gasteiger partial charge in [-0.15, -0.1) is 0 Å². The molecule has 2 N–H and O–H groups in total. The monoisotopic (exact) mass is 356 g/mol. The highest BCUT2D eigenvalue weighted by molar-refractivity contribution is 9.10. The fraction of sp³-hybridized carbons (Fsp3) is 0.714. The van der Waals surface area contributed by atoms with E-state index >= 15 is 0 Å². The molecule has 0 aliphatic carbocycles. The Morgan fingerprint density at radius 1 is 1.38 bits per heavy atom. The number of nitrogens with two attached hydrogens (primary N) is 1. The second kappa shape index (κ2) is 6.06. The quantitative estimate of drug-likeness (QED) is 0.867. The van der Waals surface area contributed by atoms with Gasteiger partial charge in [0.25, 0.3) is 0 Å². The van der Waals surface area contributed by atoms with Crippen molar-refractivity contribution in [3.63, 3.8) is 0 Å². The van der Waals surface area contributed by atoms with E-state index in [2.05, 4.69) is 21.0 Å². The van der Waals surface area contributed by atoms with E-state index in [1.54, 1.807) is 6.20 Å². The summed E-state index contributed by atoms with van der Waals surface area (Å²) >= 11 is 3.42. The number of likely N-dealkylation sites (tertiary alicyclic amines) is 1. The zero-order valence-corrected chi connectivity index (χ0v) is 13.6. The Hall–Kier alpha value is -0.920. The van der Waals surface area contributed by atoms with Gasteiger partial charge >= 0.3 is 0 Å². The van der Waals surface area contributed by atoms with Gasteiger partial charge in [-0.05, 0) is 41.6 Å². The number of ether oxygens (including phenoxy) is 1. The number of hydrogen-bond acceptors (Lipinski definition) is 4. The maximum Gasteiger partial charge on any atom is 0.242 e. The van der Waals surface area contributed by atoms with Crippen LogP contribution in [-0.4, -0.2) is 52.4 Å². The third kappa shape index (κ3) is 3.14. The minimum atomic E-state index is -0.722. The van der Waals surface area contributed by atoms with Crippen LogP contribution in [0.3, 0.4) is 0 Å². The van der Waals surface area contributed by atoms with Gasteiger partial charge in [-0.1, -0.05) is 0 Å². The first-order valence-electron chi connectivity index (χ1n) is 7.44. The third-order valence-corrected chi connectivity index (χ3v) is 4.92. The van der Waals surface area contributed by atoms with Crippen LogP contribution in [0.1, 0.15) is 31.7 Å². The minimum absolute atomic E-state index is 0.0888. The SMILES string of the molecule is NC1(C(=O)N2CCC(n3cc(Br)cn3)CC2)CCOCC1. The fourth-order valence-electron chi connectivity index (χ4n) is 3.11. The molecule has 3 rings (SSSR count). The van der Waals surface area contributed by atoms with Crippen LogP contribution < -0.4 is 5.73 Å². The molecule has 2 aliphatic heterocycles. The average molecular weight is 357 g/mol. The second-order valence-corrected chi connectivity index (χ2v) is 6.85. The lowest BCUT2D eigenvalue weighted by Crippen LogP contribution is -2.59. The van der Waals surface area contributed by atoms with E-state index < -0.39 is 5.54 Å². The lowest BCUT2D eigenvalue weighted by atomic mass is 9.88. The lowest BCUT2D eigenvalue weighted by Gasteiger charge is -2.39. The molecule has 0 aromatic carbocycles. The van der Waals surface area contributed by atoms with Crippen LogP contribution in [0.5, 0.6) is 0 Å². The Morgan fingerprint density at radius 3 is 2.62 bits per heavy atom. The molecular formula is C14H21BrN4O2. The van der Waals surface area contributed by atoms with E-state index in [0.717, 1.165) is 30.4 Å². The fourth-order valence-corrected chi connectivity index (χ4v) is 3.41. The predicted octanol–water partition coefficient (Wildman–Crippen LogP) is 1.32. The van der Waals surface area contributed by atoms with Crippen LogP contribution in [0.2, 0.25) is 0 Å². The summed E-state index contributed by atoms with van der Waals surface area (Å²) in [6.07, 6.45) is 6.88. The van der Waals surface area contributed by atoms with E-state index in [0.29, 0.717) is 32.1 Å². The number of piperidine rings is 1.